The summed E-state index contributed by atoms with van der Waals surface area (Å²) in [4.78, 5) is 14.3. The monoisotopic (exact) mass is 344 g/mol. The van der Waals surface area contributed by atoms with Crippen LogP contribution in [0.4, 0.5) is 10.2 Å². The van der Waals surface area contributed by atoms with E-state index in [4.69, 9.17) is 4.74 Å². The van der Waals surface area contributed by atoms with Crippen molar-refractivity contribution in [2.45, 2.75) is 31.9 Å². The molecule has 1 saturated heterocycles. The van der Waals surface area contributed by atoms with E-state index in [0.717, 1.165) is 18.7 Å². The number of hydrogen-bond donors (Lipinski definition) is 1. The summed E-state index contributed by atoms with van der Waals surface area (Å²) < 4.78 is 18.5. The van der Waals surface area contributed by atoms with Crippen LogP contribution in [0.25, 0.3) is 0 Å². The van der Waals surface area contributed by atoms with Crippen LogP contribution >= 0.6 is 0 Å². The smallest absolute Gasteiger partial charge is 0.263 e. The number of nitrogens with zero attached hydrogens (tertiary/aromatic N) is 3. The first kappa shape index (κ1) is 17.1. The second-order valence-electron chi connectivity index (χ2n) is 6.07. The highest BCUT2D eigenvalue weighted by Gasteiger charge is 2.27. The molecule has 0 unspecified atom stereocenters. The van der Waals surface area contributed by atoms with E-state index in [-0.39, 0.29) is 17.8 Å². The number of nitrogens with one attached hydrogen (secondary N) is 1. The van der Waals surface area contributed by atoms with Crippen molar-refractivity contribution in [2.24, 2.45) is 0 Å². The van der Waals surface area contributed by atoms with Crippen LogP contribution in [0.1, 0.15) is 19.8 Å². The summed E-state index contributed by atoms with van der Waals surface area (Å²) in [6.45, 7) is 3.04. The summed E-state index contributed by atoms with van der Waals surface area (Å²) in [6.07, 6.45) is 2.71. The zero-order valence-electron chi connectivity index (χ0n) is 14.1. The Bertz CT molecular complexity index is 688. The number of anilines is 1. The maximum absolute atomic E-state index is 12.9. The number of amides is 1. The molecular weight excluding hydrogens is 323 g/mol. The first-order chi connectivity index (χ1) is 12.1. The van der Waals surface area contributed by atoms with Gasteiger partial charge in [-0.1, -0.05) is 0 Å². The van der Waals surface area contributed by atoms with Gasteiger partial charge in [0.05, 0.1) is 0 Å². The van der Waals surface area contributed by atoms with Gasteiger partial charge in [0, 0.05) is 25.3 Å². The third-order valence-corrected chi connectivity index (χ3v) is 4.21. The van der Waals surface area contributed by atoms with Crippen LogP contribution in [-0.2, 0) is 4.79 Å². The number of piperidine rings is 1. The fourth-order valence-electron chi connectivity index (χ4n) is 2.86. The summed E-state index contributed by atoms with van der Waals surface area (Å²) in [6, 6.07) is 9.67. The molecule has 1 fully saturated rings. The van der Waals surface area contributed by atoms with Gasteiger partial charge in [-0.25, -0.2) is 4.39 Å². The lowest BCUT2D eigenvalue weighted by atomic mass is 10.0. The van der Waals surface area contributed by atoms with Gasteiger partial charge in [-0.05, 0) is 56.2 Å². The lowest BCUT2D eigenvalue weighted by Gasteiger charge is -2.34. The van der Waals surface area contributed by atoms with E-state index in [2.05, 4.69) is 15.5 Å². The van der Waals surface area contributed by atoms with Gasteiger partial charge in [0.15, 0.2) is 6.10 Å². The van der Waals surface area contributed by atoms with E-state index in [1.165, 1.54) is 24.3 Å². The Hall–Kier alpha value is -2.70. The number of benzene rings is 1. The van der Waals surface area contributed by atoms with Crippen molar-refractivity contribution in [2.75, 3.05) is 18.4 Å². The molecule has 1 aliphatic heterocycles. The highest BCUT2D eigenvalue weighted by Crippen LogP contribution is 2.18. The molecule has 3 rings (SSSR count). The van der Waals surface area contributed by atoms with Crippen LogP contribution in [0.15, 0.2) is 42.6 Å². The van der Waals surface area contributed by atoms with Crippen LogP contribution in [0, 0.1) is 5.82 Å². The summed E-state index contributed by atoms with van der Waals surface area (Å²) in [7, 11) is 0. The van der Waals surface area contributed by atoms with Gasteiger partial charge >= 0.3 is 0 Å². The van der Waals surface area contributed by atoms with Crippen LogP contribution in [0.2, 0.25) is 0 Å². The Morgan fingerprint density at radius 3 is 2.64 bits per heavy atom. The molecule has 0 saturated carbocycles. The van der Waals surface area contributed by atoms with Gasteiger partial charge in [0.2, 0.25) is 0 Å². The van der Waals surface area contributed by atoms with Crippen LogP contribution in [-0.4, -0.2) is 46.2 Å². The minimum absolute atomic E-state index is 0.0534. The van der Waals surface area contributed by atoms with Gasteiger partial charge in [0.25, 0.3) is 5.91 Å². The van der Waals surface area contributed by atoms with Crippen LogP contribution < -0.4 is 10.1 Å². The second-order valence-corrected chi connectivity index (χ2v) is 6.07. The number of carbonyl (C=O) groups is 1. The summed E-state index contributed by atoms with van der Waals surface area (Å²) in [5, 5.41) is 11.2. The quantitative estimate of drug-likeness (QED) is 0.903. The molecule has 132 valence electrons. The van der Waals surface area contributed by atoms with E-state index in [1.54, 1.807) is 13.1 Å². The zero-order valence-corrected chi connectivity index (χ0v) is 14.1. The molecule has 0 bridgehead atoms. The predicted octanol–water partition coefficient (Wildman–Crippen LogP) is 2.49. The summed E-state index contributed by atoms with van der Waals surface area (Å²) >= 11 is 0. The second kappa shape index (κ2) is 7.92. The molecular formula is C18H21FN4O2. The summed E-state index contributed by atoms with van der Waals surface area (Å²) in [5.74, 6) is 0.855. The molecule has 1 aliphatic rings. The number of likely N-dealkylation sites (tertiary alicyclic amines) is 1. The van der Waals surface area contributed by atoms with E-state index in [9.17, 15) is 9.18 Å². The van der Waals surface area contributed by atoms with Gasteiger partial charge < -0.3 is 15.0 Å². The van der Waals surface area contributed by atoms with Gasteiger partial charge in [-0.15, -0.1) is 5.10 Å². The Labute approximate surface area is 146 Å². The van der Waals surface area contributed by atoms with Crippen molar-refractivity contribution >= 4 is 11.7 Å². The van der Waals surface area contributed by atoms with Crippen LogP contribution in [0.3, 0.4) is 0 Å². The Balaban J connectivity index is 1.48. The largest absolute Gasteiger partial charge is 0.481 e. The Morgan fingerprint density at radius 2 is 2.00 bits per heavy atom. The van der Waals surface area contributed by atoms with Gasteiger partial charge in [-0.3, -0.25) is 4.79 Å². The zero-order chi connectivity index (χ0) is 17.6. The Morgan fingerprint density at radius 1 is 1.28 bits per heavy atom. The standard InChI is InChI=1S/C18H21FN4O2/c1-13(25-16-6-4-14(19)5-7-16)18(24)23-11-8-15(9-12-23)21-17-3-2-10-20-22-17/h2-7,10,13,15H,8-9,11-12H2,1H3,(H,21,22)/t13-/m1/s1. The van der Waals surface area contributed by atoms with Crippen molar-refractivity contribution in [3.63, 3.8) is 0 Å². The average Bonchev–Trinajstić information content (AvgIpc) is 2.64. The number of halogens is 1. The molecule has 1 N–H and O–H groups in total. The average molecular weight is 344 g/mol. The number of carbonyl (C=O) groups excluding carboxylic acids is 1. The van der Waals surface area contributed by atoms with E-state index in [0.29, 0.717) is 18.8 Å². The molecule has 1 aromatic heterocycles. The van der Waals surface area contributed by atoms with Crippen molar-refractivity contribution in [3.8, 4) is 5.75 Å². The lowest BCUT2D eigenvalue weighted by molar-refractivity contribution is -0.138. The fourth-order valence-corrected chi connectivity index (χ4v) is 2.86. The molecule has 1 atom stereocenters. The molecule has 1 aromatic carbocycles. The normalized spacial score (nSPS) is 16.3. The number of rotatable bonds is 5. The molecule has 0 radical (unpaired) electrons. The van der Waals surface area contributed by atoms with Crippen molar-refractivity contribution in [3.05, 3.63) is 48.4 Å². The van der Waals surface area contributed by atoms with Crippen LogP contribution in [0.5, 0.6) is 5.75 Å². The highest BCUT2D eigenvalue weighted by molar-refractivity contribution is 5.81. The Kier molecular flexibility index (Phi) is 5.42. The summed E-state index contributed by atoms with van der Waals surface area (Å²) in [5.41, 5.74) is 0. The minimum atomic E-state index is -0.602. The van der Waals surface area contributed by atoms with E-state index >= 15 is 0 Å². The van der Waals surface area contributed by atoms with E-state index in [1.807, 2.05) is 17.0 Å². The number of ether oxygens (including phenoxy) is 1. The first-order valence-corrected chi connectivity index (χ1v) is 8.37. The van der Waals surface area contributed by atoms with Crippen molar-refractivity contribution in [1.82, 2.24) is 15.1 Å². The molecule has 2 aromatic rings. The minimum Gasteiger partial charge on any atom is -0.481 e. The maximum atomic E-state index is 12.9. The molecule has 1 amide bonds. The SMILES string of the molecule is C[C@@H](Oc1ccc(F)cc1)C(=O)N1CCC(Nc2cccnn2)CC1. The number of hydrogen-bond acceptors (Lipinski definition) is 5. The first-order valence-electron chi connectivity index (χ1n) is 8.37. The van der Waals surface area contributed by atoms with E-state index < -0.39 is 6.10 Å². The maximum Gasteiger partial charge on any atom is 0.263 e. The predicted molar refractivity (Wildman–Crippen MR) is 91.7 cm³/mol. The fraction of sp³-hybridized carbons (Fsp3) is 0.389. The van der Waals surface area contributed by atoms with Crippen molar-refractivity contribution in [1.29, 1.82) is 0 Å². The lowest BCUT2D eigenvalue weighted by Crippen LogP contribution is -2.47. The highest BCUT2D eigenvalue weighted by atomic mass is 19.1. The van der Waals surface area contributed by atoms with Gasteiger partial charge in [0.1, 0.15) is 17.4 Å². The molecule has 25 heavy (non-hydrogen) atoms. The third-order valence-electron chi connectivity index (χ3n) is 4.21. The molecule has 6 nitrogen and oxygen atoms in total. The molecule has 7 heteroatoms. The topological polar surface area (TPSA) is 67.3 Å². The number of aromatic nitrogens is 2. The van der Waals surface area contributed by atoms with Crippen molar-refractivity contribution < 1.29 is 13.9 Å². The molecule has 2 heterocycles. The van der Waals surface area contributed by atoms with Gasteiger partial charge in [-0.2, -0.15) is 5.10 Å². The third kappa shape index (κ3) is 4.65. The molecule has 0 aliphatic carbocycles. The molecule has 0 spiro atoms.